The molecule has 0 aromatic heterocycles. The average molecular weight is 436 g/mol. The highest BCUT2D eigenvalue weighted by Crippen LogP contribution is 2.16. The van der Waals surface area contributed by atoms with Crippen molar-refractivity contribution in [1.82, 2.24) is 10.6 Å². The maximum atomic E-state index is 12.7. The summed E-state index contributed by atoms with van der Waals surface area (Å²) in [5.74, 6) is -2.04. The van der Waals surface area contributed by atoms with Gasteiger partial charge in [-0.25, -0.2) is 0 Å². The van der Waals surface area contributed by atoms with E-state index in [1.54, 1.807) is 48.5 Å². The second-order valence-electron chi connectivity index (χ2n) is 6.88. The van der Waals surface area contributed by atoms with Crippen molar-refractivity contribution in [3.63, 3.8) is 0 Å². The van der Waals surface area contributed by atoms with Crippen LogP contribution < -0.4 is 16.0 Å². The fourth-order valence-electron chi connectivity index (χ4n) is 2.95. The lowest BCUT2D eigenvalue weighted by atomic mass is 10.1. The Kier molecular flexibility index (Phi) is 7.40. The van der Waals surface area contributed by atoms with Gasteiger partial charge in [0.15, 0.2) is 0 Å². The molecule has 6 nitrogen and oxygen atoms in total. The molecule has 0 saturated carbocycles. The molecular weight excluding hydrogens is 414 g/mol. The van der Waals surface area contributed by atoms with Gasteiger partial charge in [-0.1, -0.05) is 66.2 Å². The Bertz CT molecular complexity index is 1110. The second kappa shape index (κ2) is 10.4. The largest absolute Gasteiger partial charge is 0.348 e. The summed E-state index contributed by atoms with van der Waals surface area (Å²) in [7, 11) is 0. The summed E-state index contributed by atoms with van der Waals surface area (Å²) < 4.78 is 0. The van der Waals surface area contributed by atoms with E-state index >= 15 is 0 Å². The minimum Gasteiger partial charge on any atom is -0.348 e. The van der Waals surface area contributed by atoms with E-state index in [2.05, 4.69) is 16.0 Å². The second-order valence-corrected chi connectivity index (χ2v) is 7.29. The molecule has 0 bridgehead atoms. The zero-order valence-corrected chi connectivity index (χ0v) is 17.7. The molecule has 31 heavy (non-hydrogen) atoms. The first-order chi connectivity index (χ1) is 15.0. The first-order valence-corrected chi connectivity index (χ1v) is 10.1. The Morgan fingerprint density at radius 2 is 1.35 bits per heavy atom. The number of hydrogen-bond donors (Lipinski definition) is 3. The van der Waals surface area contributed by atoms with Crippen LogP contribution in [0.4, 0.5) is 5.69 Å². The summed E-state index contributed by atoms with van der Waals surface area (Å²) in [6.45, 7) is 2.44. The summed E-state index contributed by atoms with van der Waals surface area (Å²) in [5, 5.41) is 8.38. The monoisotopic (exact) mass is 435 g/mol. The minimum absolute atomic E-state index is 0.116. The van der Waals surface area contributed by atoms with Crippen molar-refractivity contribution in [3.05, 3.63) is 100 Å². The molecule has 0 unspecified atom stereocenters. The number of anilines is 1. The molecule has 3 aromatic carbocycles. The van der Waals surface area contributed by atoms with Gasteiger partial charge in [-0.05, 0) is 41.8 Å². The van der Waals surface area contributed by atoms with E-state index in [1.165, 1.54) is 0 Å². The number of carbonyl (C=O) groups excluding carboxylic acids is 3. The number of carbonyl (C=O) groups is 3. The lowest BCUT2D eigenvalue weighted by molar-refractivity contribution is -0.136. The number of aryl methyl sites for hydroxylation is 1. The fraction of sp³-hybridized carbons (Fsp3) is 0.125. The standard InChI is InChI=1S/C24H22ClN3O3/c1-16-8-2-3-9-17(16)14-26-22(29)19-11-5-7-13-21(19)28-24(31)23(30)27-15-18-10-4-6-12-20(18)25/h2-13H,14-15H2,1H3,(H,26,29)(H,27,30)(H,28,31). The van der Waals surface area contributed by atoms with Crippen LogP contribution in [0.5, 0.6) is 0 Å². The smallest absolute Gasteiger partial charge is 0.313 e. The van der Waals surface area contributed by atoms with Gasteiger partial charge in [-0.3, -0.25) is 14.4 Å². The summed E-state index contributed by atoms with van der Waals surface area (Å²) in [5.41, 5.74) is 3.28. The maximum absolute atomic E-state index is 12.7. The van der Waals surface area contributed by atoms with Crippen LogP contribution in [-0.2, 0) is 22.7 Å². The summed E-state index contributed by atoms with van der Waals surface area (Å²) >= 11 is 6.06. The molecule has 0 atom stereocenters. The van der Waals surface area contributed by atoms with E-state index in [1.807, 2.05) is 31.2 Å². The Hall–Kier alpha value is -3.64. The van der Waals surface area contributed by atoms with Crippen molar-refractivity contribution in [1.29, 1.82) is 0 Å². The minimum atomic E-state index is -0.869. The van der Waals surface area contributed by atoms with E-state index < -0.39 is 11.8 Å². The molecule has 3 aromatic rings. The van der Waals surface area contributed by atoms with Gasteiger partial charge in [0.05, 0.1) is 11.3 Å². The van der Waals surface area contributed by atoms with Crippen molar-refractivity contribution in [2.24, 2.45) is 0 Å². The average Bonchev–Trinajstić information content (AvgIpc) is 2.78. The van der Waals surface area contributed by atoms with Crippen molar-refractivity contribution < 1.29 is 14.4 Å². The zero-order valence-electron chi connectivity index (χ0n) is 16.9. The Balaban J connectivity index is 1.62. The third kappa shape index (κ3) is 5.93. The zero-order chi connectivity index (χ0) is 22.2. The highest BCUT2D eigenvalue weighted by molar-refractivity contribution is 6.40. The number of rotatable bonds is 6. The van der Waals surface area contributed by atoms with E-state index in [9.17, 15) is 14.4 Å². The predicted molar refractivity (Wildman–Crippen MR) is 121 cm³/mol. The van der Waals surface area contributed by atoms with E-state index in [0.717, 1.165) is 11.1 Å². The van der Waals surface area contributed by atoms with Crippen LogP contribution in [0.2, 0.25) is 5.02 Å². The number of benzene rings is 3. The van der Waals surface area contributed by atoms with Gasteiger partial charge in [0.25, 0.3) is 5.91 Å². The summed E-state index contributed by atoms with van der Waals surface area (Å²) in [6.07, 6.45) is 0. The molecule has 0 spiro atoms. The first-order valence-electron chi connectivity index (χ1n) is 9.70. The maximum Gasteiger partial charge on any atom is 0.313 e. The van der Waals surface area contributed by atoms with Crippen LogP contribution in [0.1, 0.15) is 27.0 Å². The van der Waals surface area contributed by atoms with E-state index in [0.29, 0.717) is 17.1 Å². The molecule has 3 N–H and O–H groups in total. The van der Waals surface area contributed by atoms with Gasteiger partial charge in [0, 0.05) is 18.1 Å². The molecule has 158 valence electrons. The normalized spacial score (nSPS) is 10.3. The number of amides is 3. The highest BCUT2D eigenvalue weighted by atomic mass is 35.5. The van der Waals surface area contributed by atoms with Crippen LogP contribution in [0.15, 0.2) is 72.8 Å². The Labute approximate surface area is 185 Å². The topological polar surface area (TPSA) is 87.3 Å². The Morgan fingerprint density at radius 3 is 2.10 bits per heavy atom. The molecule has 0 saturated heterocycles. The molecule has 0 aliphatic heterocycles. The molecule has 3 amide bonds. The lowest BCUT2D eigenvalue weighted by Crippen LogP contribution is -2.35. The molecule has 0 radical (unpaired) electrons. The Morgan fingerprint density at radius 1 is 0.742 bits per heavy atom. The fourth-order valence-corrected chi connectivity index (χ4v) is 3.15. The molecule has 0 heterocycles. The number of hydrogen-bond acceptors (Lipinski definition) is 3. The van der Waals surface area contributed by atoms with Gasteiger partial charge in [-0.2, -0.15) is 0 Å². The van der Waals surface area contributed by atoms with Crippen molar-refractivity contribution >= 4 is 35.0 Å². The number of nitrogens with one attached hydrogen (secondary N) is 3. The third-order valence-electron chi connectivity index (χ3n) is 4.72. The van der Waals surface area contributed by atoms with E-state index in [4.69, 9.17) is 11.6 Å². The van der Waals surface area contributed by atoms with Crippen LogP contribution in [0.25, 0.3) is 0 Å². The summed E-state index contributed by atoms with van der Waals surface area (Å²) in [4.78, 5) is 37.2. The van der Waals surface area contributed by atoms with Crippen molar-refractivity contribution in [2.45, 2.75) is 20.0 Å². The third-order valence-corrected chi connectivity index (χ3v) is 5.09. The van der Waals surface area contributed by atoms with E-state index in [-0.39, 0.29) is 23.7 Å². The van der Waals surface area contributed by atoms with Crippen LogP contribution in [-0.4, -0.2) is 17.7 Å². The van der Waals surface area contributed by atoms with Crippen LogP contribution >= 0.6 is 11.6 Å². The van der Waals surface area contributed by atoms with Gasteiger partial charge >= 0.3 is 11.8 Å². The highest BCUT2D eigenvalue weighted by Gasteiger charge is 2.18. The SMILES string of the molecule is Cc1ccccc1CNC(=O)c1ccccc1NC(=O)C(=O)NCc1ccccc1Cl. The molecule has 0 fully saturated rings. The number of halogens is 1. The molecule has 3 rings (SSSR count). The molecule has 0 aliphatic rings. The molecule has 0 aliphatic carbocycles. The van der Waals surface area contributed by atoms with Gasteiger partial charge in [-0.15, -0.1) is 0 Å². The van der Waals surface area contributed by atoms with Crippen molar-refractivity contribution in [2.75, 3.05) is 5.32 Å². The van der Waals surface area contributed by atoms with Gasteiger partial charge in [0.2, 0.25) is 0 Å². The number of para-hydroxylation sites is 1. The molecule has 7 heteroatoms. The summed E-state index contributed by atoms with van der Waals surface area (Å²) in [6, 6.07) is 21.3. The van der Waals surface area contributed by atoms with Gasteiger partial charge in [0.1, 0.15) is 0 Å². The first kappa shape index (κ1) is 22.1. The van der Waals surface area contributed by atoms with Crippen LogP contribution in [0.3, 0.4) is 0 Å². The van der Waals surface area contributed by atoms with Gasteiger partial charge < -0.3 is 16.0 Å². The molecular formula is C24H22ClN3O3. The predicted octanol–water partition coefficient (Wildman–Crippen LogP) is 3.83. The lowest BCUT2D eigenvalue weighted by Gasteiger charge is -2.12. The van der Waals surface area contributed by atoms with Crippen molar-refractivity contribution in [3.8, 4) is 0 Å². The quantitative estimate of drug-likeness (QED) is 0.514. The van der Waals surface area contributed by atoms with Crippen LogP contribution in [0, 0.1) is 6.92 Å².